The Morgan fingerprint density at radius 2 is 2.30 bits per heavy atom. The Morgan fingerprint density at radius 3 is 2.95 bits per heavy atom. The number of benzene rings is 1. The van der Waals surface area contributed by atoms with E-state index in [1.807, 2.05) is 0 Å². The molecule has 2 rings (SSSR count). The molecule has 0 radical (unpaired) electrons. The van der Waals surface area contributed by atoms with Gasteiger partial charge in [-0.2, -0.15) is 0 Å². The number of hydrogen-bond acceptors (Lipinski definition) is 4. The number of nitro benzene ring substituents is 1. The van der Waals surface area contributed by atoms with Crippen LogP contribution in [0.3, 0.4) is 0 Å². The zero-order chi connectivity index (χ0) is 14.7. The first-order valence-electron chi connectivity index (χ1n) is 6.29. The topological polar surface area (TPSA) is 72.7 Å². The molecule has 0 bridgehead atoms. The van der Waals surface area contributed by atoms with Crippen molar-refractivity contribution in [2.75, 3.05) is 20.2 Å². The van der Waals surface area contributed by atoms with E-state index in [0.29, 0.717) is 13.1 Å². The van der Waals surface area contributed by atoms with Crippen molar-refractivity contribution in [3.63, 3.8) is 0 Å². The fraction of sp³-hybridized carbons (Fsp3) is 0.462. The minimum absolute atomic E-state index is 0.00479. The average Bonchev–Trinajstić information content (AvgIpc) is 2.46. The summed E-state index contributed by atoms with van der Waals surface area (Å²) in [6, 6.07) is 4.26. The molecule has 1 saturated heterocycles. The minimum atomic E-state index is -0.590. The third-order valence-electron chi connectivity index (χ3n) is 3.40. The van der Waals surface area contributed by atoms with Gasteiger partial charge in [0.25, 0.3) is 11.6 Å². The van der Waals surface area contributed by atoms with Crippen molar-refractivity contribution in [2.24, 2.45) is 0 Å². The van der Waals surface area contributed by atoms with Gasteiger partial charge < -0.3 is 9.64 Å². The number of rotatable bonds is 3. The van der Waals surface area contributed by atoms with Gasteiger partial charge in [-0.1, -0.05) is 17.7 Å². The molecule has 20 heavy (non-hydrogen) atoms. The molecule has 1 fully saturated rings. The zero-order valence-electron chi connectivity index (χ0n) is 11.0. The maximum atomic E-state index is 12.4. The molecule has 108 valence electrons. The normalized spacial score (nSPS) is 18.9. The van der Waals surface area contributed by atoms with Crippen LogP contribution in [0.5, 0.6) is 0 Å². The molecule has 1 aromatic carbocycles. The molecule has 0 aromatic heterocycles. The smallest absolute Gasteiger partial charge is 0.288 e. The van der Waals surface area contributed by atoms with Gasteiger partial charge in [0, 0.05) is 26.3 Å². The Kier molecular flexibility index (Phi) is 4.57. The van der Waals surface area contributed by atoms with Crippen LogP contribution in [-0.4, -0.2) is 42.0 Å². The molecule has 0 spiro atoms. The van der Waals surface area contributed by atoms with Gasteiger partial charge in [-0.25, -0.2) is 0 Å². The largest absolute Gasteiger partial charge is 0.380 e. The van der Waals surface area contributed by atoms with Crippen LogP contribution in [0.4, 0.5) is 5.69 Å². The van der Waals surface area contributed by atoms with Crippen molar-refractivity contribution in [3.8, 4) is 0 Å². The molecule has 1 aromatic rings. The van der Waals surface area contributed by atoms with Gasteiger partial charge in [0.2, 0.25) is 0 Å². The molecule has 0 N–H and O–H groups in total. The van der Waals surface area contributed by atoms with Gasteiger partial charge in [-0.15, -0.1) is 0 Å². The number of hydrogen-bond donors (Lipinski definition) is 0. The summed E-state index contributed by atoms with van der Waals surface area (Å²) >= 11 is 5.97. The molecular formula is C13H15ClN2O4. The third kappa shape index (κ3) is 2.91. The number of nitro groups is 1. The maximum absolute atomic E-state index is 12.4. The highest BCUT2D eigenvalue weighted by Gasteiger charge is 2.27. The zero-order valence-corrected chi connectivity index (χ0v) is 11.8. The molecule has 1 atom stereocenters. The molecule has 6 nitrogen and oxygen atoms in total. The minimum Gasteiger partial charge on any atom is -0.380 e. The molecule has 7 heteroatoms. The standard InChI is InChI=1S/C13H15ClN2O4/c1-20-9-4-3-7-15(8-9)13(17)10-5-2-6-11(12(10)14)16(18)19/h2,5-6,9H,3-4,7-8H2,1H3. The molecule has 1 aliphatic rings. The summed E-state index contributed by atoms with van der Waals surface area (Å²) in [5.74, 6) is -0.291. The predicted molar refractivity (Wildman–Crippen MR) is 74.0 cm³/mol. The number of ether oxygens (including phenoxy) is 1. The number of halogens is 1. The lowest BCUT2D eigenvalue weighted by molar-refractivity contribution is -0.384. The van der Waals surface area contributed by atoms with Gasteiger partial charge in [0.05, 0.1) is 16.6 Å². The lowest BCUT2D eigenvalue weighted by Crippen LogP contribution is -2.43. The Morgan fingerprint density at radius 1 is 1.55 bits per heavy atom. The van der Waals surface area contributed by atoms with Crippen molar-refractivity contribution in [3.05, 3.63) is 38.9 Å². The Labute approximate surface area is 121 Å². The molecule has 1 heterocycles. The van der Waals surface area contributed by atoms with E-state index in [1.165, 1.54) is 18.2 Å². The number of nitrogens with zero attached hydrogens (tertiary/aromatic N) is 2. The van der Waals surface area contributed by atoms with E-state index in [2.05, 4.69) is 0 Å². The Balaban J connectivity index is 2.25. The first-order chi connectivity index (χ1) is 9.54. The summed E-state index contributed by atoms with van der Waals surface area (Å²) in [6.07, 6.45) is 1.75. The van der Waals surface area contributed by atoms with E-state index in [4.69, 9.17) is 16.3 Å². The third-order valence-corrected chi connectivity index (χ3v) is 3.80. The van der Waals surface area contributed by atoms with Crippen LogP contribution in [0.2, 0.25) is 5.02 Å². The van der Waals surface area contributed by atoms with Crippen LogP contribution in [0.1, 0.15) is 23.2 Å². The number of carbonyl (C=O) groups excluding carboxylic acids is 1. The monoisotopic (exact) mass is 298 g/mol. The van der Waals surface area contributed by atoms with Crippen molar-refractivity contribution in [2.45, 2.75) is 18.9 Å². The van der Waals surface area contributed by atoms with E-state index in [0.717, 1.165) is 12.8 Å². The molecular weight excluding hydrogens is 284 g/mol. The van der Waals surface area contributed by atoms with Gasteiger partial charge >= 0.3 is 0 Å². The Hall–Kier alpha value is -1.66. The summed E-state index contributed by atoms with van der Waals surface area (Å²) < 4.78 is 5.26. The molecule has 0 aliphatic carbocycles. The number of carbonyl (C=O) groups is 1. The lowest BCUT2D eigenvalue weighted by atomic mass is 10.1. The second-order valence-corrected chi connectivity index (χ2v) is 5.02. The van der Waals surface area contributed by atoms with Crippen molar-refractivity contribution < 1.29 is 14.5 Å². The summed E-state index contributed by atoms with van der Waals surface area (Å²) in [5.41, 5.74) is -0.0876. The molecule has 1 unspecified atom stereocenters. The van der Waals surface area contributed by atoms with Crippen molar-refractivity contribution in [1.29, 1.82) is 0 Å². The first-order valence-corrected chi connectivity index (χ1v) is 6.67. The van der Waals surface area contributed by atoms with E-state index < -0.39 is 4.92 Å². The van der Waals surface area contributed by atoms with Crippen LogP contribution < -0.4 is 0 Å². The van der Waals surface area contributed by atoms with Gasteiger partial charge in [-0.3, -0.25) is 14.9 Å². The maximum Gasteiger partial charge on any atom is 0.288 e. The van der Waals surface area contributed by atoms with E-state index in [-0.39, 0.29) is 28.3 Å². The van der Waals surface area contributed by atoms with Crippen LogP contribution >= 0.6 is 11.6 Å². The van der Waals surface area contributed by atoms with Gasteiger partial charge in [0.15, 0.2) is 0 Å². The van der Waals surface area contributed by atoms with Crippen molar-refractivity contribution in [1.82, 2.24) is 4.90 Å². The van der Waals surface area contributed by atoms with E-state index in [1.54, 1.807) is 12.0 Å². The highest BCUT2D eigenvalue weighted by molar-refractivity contribution is 6.35. The van der Waals surface area contributed by atoms with E-state index >= 15 is 0 Å². The number of likely N-dealkylation sites (tertiary alicyclic amines) is 1. The Bertz CT molecular complexity index is 535. The fourth-order valence-electron chi connectivity index (χ4n) is 2.31. The highest BCUT2D eigenvalue weighted by atomic mass is 35.5. The van der Waals surface area contributed by atoms with Crippen LogP contribution in [0.25, 0.3) is 0 Å². The van der Waals surface area contributed by atoms with Crippen molar-refractivity contribution >= 4 is 23.2 Å². The summed E-state index contributed by atoms with van der Waals surface area (Å²) in [5, 5.41) is 10.7. The summed E-state index contributed by atoms with van der Waals surface area (Å²) in [4.78, 5) is 24.3. The SMILES string of the molecule is COC1CCCN(C(=O)c2cccc([N+](=O)[O-])c2Cl)C1. The second-order valence-electron chi connectivity index (χ2n) is 4.65. The van der Waals surface area contributed by atoms with Crippen LogP contribution in [-0.2, 0) is 4.74 Å². The van der Waals surface area contributed by atoms with Crippen LogP contribution in [0, 0.1) is 10.1 Å². The predicted octanol–water partition coefficient (Wildman–Crippen LogP) is 2.50. The average molecular weight is 299 g/mol. The first kappa shape index (κ1) is 14.7. The quantitative estimate of drug-likeness (QED) is 0.635. The summed E-state index contributed by atoms with van der Waals surface area (Å²) in [7, 11) is 1.61. The fourth-order valence-corrected chi connectivity index (χ4v) is 2.59. The lowest BCUT2D eigenvalue weighted by Gasteiger charge is -2.32. The highest BCUT2D eigenvalue weighted by Crippen LogP contribution is 2.29. The van der Waals surface area contributed by atoms with Gasteiger partial charge in [-0.05, 0) is 18.9 Å². The number of piperidine rings is 1. The molecule has 1 amide bonds. The van der Waals surface area contributed by atoms with Gasteiger partial charge in [0.1, 0.15) is 5.02 Å². The number of amides is 1. The van der Waals surface area contributed by atoms with Crippen LogP contribution in [0.15, 0.2) is 18.2 Å². The van der Waals surface area contributed by atoms with E-state index in [9.17, 15) is 14.9 Å². The molecule has 1 aliphatic heterocycles. The molecule has 0 saturated carbocycles. The second kappa shape index (κ2) is 6.19. The summed E-state index contributed by atoms with van der Waals surface area (Å²) in [6.45, 7) is 1.09. The number of methoxy groups -OCH3 is 1.